The van der Waals surface area contributed by atoms with Gasteiger partial charge >= 0.3 is 15.5 Å². The molecule has 0 amide bonds. The predicted molar refractivity (Wildman–Crippen MR) is 126 cm³/mol. The number of nitrogens with one attached hydrogen (secondary N) is 1. The van der Waals surface area contributed by atoms with Crippen molar-refractivity contribution in [3.8, 4) is 11.1 Å². The van der Waals surface area contributed by atoms with Crippen LogP contribution in [0.25, 0.3) is 22.2 Å². The number of sulfonamides is 1. The minimum atomic E-state index is -5.52. The van der Waals surface area contributed by atoms with Crippen molar-refractivity contribution in [3.05, 3.63) is 83.7 Å². The van der Waals surface area contributed by atoms with Crippen LogP contribution in [0, 0.1) is 6.92 Å². The summed E-state index contributed by atoms with van der Waals surface area (Å²) in [4.78, 5) is 4.61. The van der Waals surface area contributed by atoms with Gasteiger partial charge in [-0.2, -0.15) is 21.6 Å². The summed E-state index contributed by atoms with van der Waals surface area (Å²) in [5.74, 6) is 0.543. The van der Waals surface area contributed by atoms with Crippen LogP contribution in [0.5, 0.6) is 0 Å². The van der Waals surface area contributed by atoms with Crippen molar-refractivity contribution in [1.29, 1.82) is 0 Å². The predicted octanol–water partition coefficient (Wildman–Crippen LogP) is 6.20. The Labute approximate surface area is 195 Å². The fourth-order valence-electron chi connectivity index (χ4n) is 4.18. The summed E-state index contributed by atoms with van der Waals surface area (Å²) < 4.78 is 65.7. The van der Waals surface area contributed by atoms with Gasteiger partial charge in [-0.3, -0.25) is 4.72 Å². The molecule has 0 saturated heterocycles. The third-order valence-corrected chi connectivity index (χ3v) is 7.22. The van der Waals surface area contributed by atoms with Gasteiger partial charge < -0.3 is 4.57 Å². The number of hydrogen-bond donors (Lipinski definition) is 1. The molecular weight excluding hydrogens is 463 g/mol. The van der Waals surface area contributed by atoms with Crippen LogP contribution in [0.15, 0.2) is 66.9 Å². The lowest BCUT2D eigenvalue weighted by molar-refractivity contribution is -0.0429. The molecule has 0 radical (unpaired) electrons. The zero-order valence-corrected chi connectivity index (χ0v) is 19.1. The van der Waals surface area contributed by atoms with Crippen LogP contribution in [-0.4, -0.2) is 23.5 Å². The van der Waals surface area contributed by atoms with Crippen LogP contribution < -0.4 is 4.72 Å². The van der Waals surface area contributed by atoms with Crippen LogP contribution in [0.3, 0.4) is 0 Å². The van der Waals surface area contributed by atoms with Gasteiger partial charge in [-0.1, -0.05) is 42.5 Å². The Morgan fingerprint density at radius 2 is 1.76 bits per heavy atom. The summed E-state index contributed by atoms with van der Waals surface area (Å²) >= 11 is 0. The van der Waals surface area contributed by atoms with E-state index >= 15 is 0 Å². The summed E-state index contributed by atoms with van der Waals surface area (Å²) in [5, 5.41) is 1.15. The van der Waals surface area contributed by atoms with Gasteiger partial charge in [-0.05, 0) is 60.6 Å². The standard InChI is InChI=1S/C25H22F3N3O2S/c1-16-12-13-29-24-21(16)14-23(19-10-11-19)31(24)15-17-6-8-18(9-7-17)20-4-2-3-5-22(20)30-34(32,33)25(26,27)28/h2-9,12-14,19,30H,10-11,15H2,1H3. The molecule has 0 bridgehead atoms. The monoisotopic (exact) mass is 485 g/mol. The van der Waals surface area contributed by atoms with Crippen LogP contribution in [0.4, 0.5) is 18.9 Å². The maximum atomic E-state index is 12.9. The molecule has 9 heteroatoms. The molecular formula is C25H22F3N3O2S. The summed E-state index contributed by atoms with van der Waals surface area (Å²) in [6, 6.07) is 17.7. The van der Waals surface area contributed by atoms with Crippen LogP contribution in [0.1, 0.15) is 35.6 Å². The van der Waals surface area contributed by atoms with Gasteiger partial charge in [0.15, 0.2) is 0 Å². The maximum absolute atomic E-state index is 12.9. The third kappa shape index (κ3) is 4.16. The molecule has 0 aliphatic heterocycles. The van der Waals surface area contributed by atoms with Gasteiger partial charge in [0.25, 0.3) is 0 Å². The van der Waals surface area contributed by atoms with Crippen LogP contribution in [-0.2, 0) is 16.6 Å². The lowest BCUT2D eigenvalue weighted by Crippen LogP contribution is -2.30. The Bertz CT molecular complexity index is 1470. The fourth-order valence-corrected chi connectivity index (χ4v) is 4.76. The van der Waals surface area contributed by atoms with E-state index in [4.69, 9.17) is 0 Å². The summed E-state index contributed by atoms with van der Waals surface area (Å²) in [6.45, 7) is 2.69. The van der Waals surface area contributed by atoms with E-state index in [0.717, 1.165) is 16.6 Å². The number of alkyl halides is 3. The Morgan fingerprint density at radius 3 is 2.44 bits per heavy atom. The largest absolute Gasteiger partial charge is 0.516 e. The highest BCUT2D eigenvalue weighted by molar-refractivity contribution is 7.93. The molecule has 1 aliphatic carbocycles. The van der Waals surface area contributed by atoms with E-state index in [9.17, 15) is 21.6 Å². The quantitative estimate of drug-likeness (QED) is 0.354. The van der Waals surface area contributed by atoms with Crippen molar-refractivity contribution in [2.45, 2.75) is 37.7 Å². The molecule has 5 rings (SSSR count). The van der Waals surface area contributed by atoms with Gasteiger partial charge in [0.05, 0.1) is 5.69 Å². The zero-order chi connectivity index (χ0) is 24.1. The SMILES string of the molecule is Cc1ccnc2c1cc(C1CC1)n2Cc1ccc(-c2ccccc2NS(=O)(=O)C(F)(F)F)cc1. The lowest BCUT2D eigenvalue weighted by atomic mass is 10.0. The first-order chi connectivity index (χ1) is 16.1. The van der Waals surface area contributed by atoms with Crippen molar-refractivity contribution in [2.75, 3.05) is 4.72 Å². The zero-order valence-electron chi connectivity index (χ0n) is 18.3. The highest BCUT2D eigenvalue weighted by Gasteiger charge is 2.46. The number of rotatable bonds is 6. The van der Waals surface area contributed by atoms with Gasteiger partial charge in [0.2, 0.25) is 0 Å². The molecule has 2 aromatic heterocycles. The van der Waals surface area contributed by atoms with Crippen molar-refractivity contribution < 1.29 is 21.6 Å². The van der Waals surface area contributed by atoms with Gasteiger partial charge in [0.1, 0.15) is 5.65 Å². The number of pyridine rings is 1. The molecule has 2 heterocycles. The number of halogens is 3. The fraction of sp³-hybridized carbons (Fsp3) is 0.240. The molecule has 176 valence electrons. The molecule has 2 aromatic carbocycles. The molecule has 1 fully saturated rings. The number of fused-ring (bicyclic) bond motifs is 1. The van der Waals surface area contributed by atoms with Crippen LogP contribution >= 0.6 is 0 Å². The molecule has 1 aliphatic rings. The topological polar surface area (TPSA) is 64.0 Å². The number of hydrogen-bond acceptors (Lipinski definition) is 3. The van der Waals surface area contributed by atoms with E-state index in [1.165, 1.54) is 36.2 Å². The number of anilines is 1. The third-order valence-electron chi connectivity index (χ3n) is 6.12. The highest BCUT2D eigenvalue weighted by Crippen LogP contribution is 2.42. The van der Waals surface area contributed by atoms with E-state index in [-0.39, 0.29) is 5.69 Å². The average molecular weight is 486 g/mol. The van der Waals surface area contributed by atoms with Gasteiger partial charge in [0, 0.05) is 29.4 Å². The smallest absolute Gasteiger partial charge is 0.325 e. The average Bonchev–Trinajstić information content (AvgIpc) is 3.56. The van der Waals surface area contributed by atoms with E-state index < -0.39 is 15.5 Å². The Morgan fingerprint density at radius 1 is 1.06 bits per heavy atom. The molecule has 0 atom stereocenters. The second-order valence-corrected chi connectivity index (χ2v) is 10.3. The highest BCUT2D eigenvalue weighted by atomic mass is 32.2. The van der Waals surface area contributed by atoms with Crippen molar-refractivity contribution in [2.24, 2.45) is 0 Å². The molecule has 34 heavy (non-hydrogen) atoms. The minimum absolute atomic E-state index is 0.125. The Balaban J connectivity index is 1.46. The van der Waals surface area contributed by atoms with E-state index in [1.807, 2.05) is 24.4 Å². The second kappa shape index (κ2) is 8.16. The van der Waals surface area contributed by atoms with E-state index in [0.29, 0.717) is 23.6 Å². The molecule has 4 aromatic rings. The number of para-hydroxylation sites is 1. The molecule has 1 N–H and O–H groups in total. The molecule has 1 saturated carbocycles. The second-order valence-electron chi connectivity index (χ2n) is 8.59. The van der Waals surface area contributed by atoms with Gasteiger partial charge in [-0.15, -0.1) is 0 Å². The minimum Gasteiger partial charge on any atom is -0.325 e. The number of benzene rings is 2. The van der Waals surface area contributed by atoms with E-state index in [2.05, 4.69) is 22.5 Å². The normalized spacial score (nSPS) is 14.5. The van der Waals surface area contributed by atoms with Crippen LogP contribution in [0.2, 0.25) is 0 Å². The molecule has 0 spiro atoms. The number of nitrogens with zero attached hydrogens (tertiary/aromatic N) is 2. The summed E-state index contributed by atoms with van der Waals surface area (Å²) in [7, 11) is -5.52. The number of aryl methyl sites for hydroxylation is 1. The summed E-state index contributed by atoms with van der Waals surface area (Å²) in [5.41, 5.74) is -0.138. The van der Waals surface area contributed by atoms with Crippen molar-refractivity contribution >= 4 is 26.7 Å². The van der Waals surface area contributed by atoms with Gasteiger partial charge in [-0.25, -0.2) is 4.98 Å². The lowest BCUT2D eigenvalue weighted by Gasteiger charge is -2.15. The molecule has 5 nitrogen and oxygen atoms in total. The molecule has 0 unspecified atom stereocenters. The Kier molecular flexibility index (Phi) is 5.39. The first kappa shape index (κ1) is 22.5. The number of aromatic nitrogens is 2. The Hall–Kier alpha value is -3.33. The first-order valence-electron chi connectivity index (χ1n) is 10.9. The van der Waals surface area contributed by atoms with E-state index in [1.54, 1.807) is 29.0 Å². The summed E-state index contributed by atoms with van der Waals surface area (Å²) in [6.07, 6.45) is 4.14. The maximum Gasteiger partial charge on any atom is 0.516 e. The van der Waals surface area contributed by atoms with Crippen molar-refractivity contribution in [3.63, 3.8) is 0 Å². The first-order valence-corrected chi connectivity index (χ1v) is 12.3. The van der Waals surface area contributed by atoms with Crippen molar-refractivity contribution in [1.82, 2.24) is 9.55 Å².